The molecule has 2 nitrogen and oxygen atoms in total. The minimum atomic E-state index is 1.17. The van der Waals surface area contributed by atoms with Crippen molar-refractivity contribution < 1.29 is 0 Å². The molecule has 0 bridgehead atoms. The van der Waals surface area contributed by atoms with Crippen molar-refractivity contribution in [3.8, 4) is 33.6 Å². The van der Waals surface area contributed by atoms with Crippen molar-refractivity contribution in [2.45, 2.75) is 0 Å². The Morgan fingerprint density at radius 3 is 0.885 bits per heavy atom. The number of benzene rings is 8. The Labute approximate surface area is 302 Å². The molecule has 0 unspecified atom stereocenters. The van der Waals surface area contributed by atoms with Gasteiger partial charge in [-0.05, 0) is 58.7 Å². The van der Waals surface area contributed by atoms with Gasteiger partial charge in [-0.1, -0.05) is 170 Å². The Hall–Kier alpha value is -6.90. The summed E-state index contributed by atoms with van der Waals surface area (Å²) in [7, 11) is 0. The molecule has 2 heterocycles. The summed E-state index contributed by atoms with van der Waals surface area (Å²) in [6.07, 6.45) is 4.56. The first-order valence-electron chi connectivity index (χ1n) is 17.9. The molecule has 0 fully saturated rings. The zero-order chi connectivity index (χ0) is 34.4. The van der Waals surface area contributed by atoms with E-state index in [9.17, 15) is 0 Å². The highest BCUT2D eigenvalue weighted by molar-refractivity contribution is 6.11. The number of hydrogen-bond donors (Lipinski definition) is 0. The van der Waals surface area contributed by atoms with Gasteiger partial charge in [0.05, 0.1) is 33.4 Å². The van der Waals surface area contributed by atoms with Crippen molar-refractivity contribution in [3.63, 3.8) is 0 Å². The second-order valence-corrected chi connectivity index (χ2v) is 13.3. The molecule has 0 N–H and O–H groups in total. The minimum absolute atomic E-state index is 1.17. The van der Waals surface area contributed by atoms with Crippen molar-refractivity contribution in [3.05, 3.63) is 205 Å². The van der Waals surface area contributed by atoms with Gasteiger partial charge in [0, 0.05) is 32.7 Å². The molecular weight excluding hydrogens is 629 g/mol. The van der Waals surface area contributed by atoms with E-state index in [1.54, 1.807) is 0 Å². The quantitative estimate of drug-likeness (QED) is 0.157. The summed E-state index contributed by atoms with van der Waals surface area (Å²) in [6.45, 7) is 0. The summed E-state index contributed by atoms with van der Waals surface area (Å²) in [5.74, 6) is 0. The lowest BCUT2D eigenvalue weighted by atomic mass is 9.95. The van der Waals surface area contributed by atoms with Gasteiger partial charge in [0.25, 0.3) is 0 Å². The molecule has 8 aromatic carbocycles. The number of nitrogens with zero attached hydrogens (tertiary/aromatic N) is 2. The molecule has 0 spiro atoms. The zero-order valence-electron chi connectivity index (χ0n) is 28.5. The van der Waals surface area contributed by atoms with Crippen LogP contribution in [0.4, 0.5) is 0 Å². The van der Waals surface area contributed by atoms with Crippen molar-refractivity contribution in [1.29, 1.82) is 0 Å². The van der Waals surface area contributed by atoms with Crippen LogP contribution in [0, 0.1) is 0 Å². The van der Waals surface area contributed by atoms with Crippen LogP contribution in [-0.2, 0) is 0 Å². The highest BCUT2D eigenvalue weighted by Gasteiger charge is 2.18. The monoisotopic (exact) mass is 662 g/mol. The molecule has 0 aliphatic rings. The fraction of sp³-hybridized carbons (Fsp3) is 0. The van der Waals surface area contributed by atoms with Gasteiger partial charge in [0.1, 0.15) is 0 Å². The van der Waals surface area contributed by atoms with Crippen LogP contribution in [0.3, 0.4) is 0 Å². The van der Waals surface area contributed by atoms with Gasteiger partial charge in [-0.2, -0.15) is 0 Å². The van der Waals surface area contributed by atoms with E-state index in [4.69, 9.17) is 0 Å². The molecule has 2 aromatic heterocycles. The van der Waals surface area contributed by atoms with Crippen LogP contribution in [0.2, 0.25) is 0 Å². The topological polar surface area (TPSA) is 9.86 Å². The Morgan fingerprint density at radius 2 is 0.519 bits per heavy atom. The summed E-state index contributed by atoms with van der Waals surface area (Å²) in [6, 6.07) is 69.9. The van der Waals surface area contributed by atoms with E-state index >= 15 is 0 Å². The second-order valence-electron chi connectivity index (χ2n) is 13.3. The van der Waals surface area contributed by atoms with Crippen LogP contribution in [0.15, 0.2) is 194 Å². The van der Waals surface area contributed by atoms with E-state index in [2.05, 4.69) is 215 Å². The van der Waals surface area contributed by atoms with E-state index in [-0.39, 0.29) is 0 Å². The molecule has 2 heteroatoms. The highest BCUT2D eigenvalue weighted by Crippen LogP contribution is 2.39. The molecule has 0 aliphatic carbocycles. The summed E-state index contributed by atoms with van der Waals surface area (Å²) in [5.41, 5.74) is 14.3. The number of rotatable bonds is 6. The predicted molar refractivity (Wildman–Crippen MR) is 221 cm³/mol. The Balaban J connectivity index is 1.11. The Kier molecular flexibility index (Phi) is 7.18. The number of aromatic nitrogens is 2. The summed E-state index contributed by atoms with van der Waals surface area (Å²) < 4.78 is 4.84. The number of fused-ring (bicyclic) bond motifs is 6. The van der Waals surface area contributed by atoms with Crippen LogP contribution in [0.5, 0.6) is 0 Å². The molecule has 0 saturated heterocycles. The van der Waals surface area contributed by atoms with E-state index in [1.807, 2.05) is 0 Å². The average Bonchev–Trinajstić information content (AvgIpc) is 3.73. The molecule has 0 atom stereocenters. The molecule has 0 saturated carbocycles. The molecule has 10 rings (SSSR count). The van der Waals surface area contributed by atoms with Crippen molar-refractivity contribution in [1.82, 2.24) is 9.13 Å². The first-order chi connectivity index (χ1) is 25.8. The number of hydrogen-bond acceptors (Lipinski definition) is 0. The molecule has 52 heavy (non-hydrogen) atoms. The SMILES string of the molecule is C(=C\c1ccccc1-c1ccccc1-n1c2ccccc2c2ccccc21)/c1ccccc1-c1ccccc1-n1c2ccccc2c2ccccc21. The first kappa shape index (κ1) is 30.0. The summed E-state index contributed by atoms with van der Waals surface area (Å²) in [5, 5.41) is 5.05. The lowest BCUT2D eigenvalue weighted by molar-refractivity contribution is 1.18. The molecule has 0 aliphatic heterocycles. The van der Waals surface area contributed by atoms with Gasteiger partial charge in [0.15, 0.2) is 0 Å². The smallest absolute Gasteiger partial charge is 0.0541 e. The fourth-order valence-electron chi connectivity index (χ4n) is 8.11. The van der Waals surface area contributed by atoms with Gasteiger partial charge < -0.3 is 9.13 Å². The van der Waals surface area contributed by atoms with Gasteiger partial charge in [-0.25, -0.2) is 0 Å². The standard InChI is InChI=1S/C50H34N2/c1-3-19-37(39-21-5-11-27-45(39)51-47-29-13-7-23-41(47)42-24-8-14-30-48(42)51)35(17-1)33-34-36-18-2-4-20-38(36)40-22-6-12-28-46(40)52-49-31-15-9-25-43(49)44-26-10-16-32-50(44)52/h1-34H/b34-33+. The maximum atomic E-state index is 2.42. The normalized spacial score (nSPS) is 11.8. The van der Waals surface area contributed by atoms with Gasteiger partial charge >= 0.3 is 0 Å². The zero-order valence-corrected chi connectivity index (χ0v) is 28.5. The summed E-state index contributed by atoms with van der Waals surface area (Å²) >= 11 is 0. The molecular formula is C50H34N2. The van der Waals surface area contributed by atoms with E-state index < -0.39 is 0 Å². The van der Waals surface area contributed by atoms with E-state index in [1.165, 1.54) is 88.4 Å². The average molecular weight is 663 g/mol. The van der Waals surface area contributed by atoms with Crippen LogP contribution in [0.1, 0.15) is 11.1 Å². The Morgan fingerprint density at radius 1 is 0.250 bits per heavy atom. The van der Waals surface area contributed by atoms with Crippen LogP contribution < -0.4 is 0 Å². The van der Waals surface area contributed by atoms with E-state index in [0.717, 1.165) is 0 Å². The minimum Gasteiger partial charge on any atom is -0.309 e. The molecule has 0 radical (unpaired) electrons. The van der Waals surface area contributed by atoms with Crippen molar-refractivity contribution in [2.75, 3.05) is 0 Å². The molecule has 10 aromatic rings. The predicted octanol–water partition coefficient (Wildman–Crippen LogP) is 13.4. The maximum absolute atomic E-state index is 2.42. The summed E-state index contributed by atoms with van der Waals surface area (Å²) in [4.78, 5) is 0. The lowest BCUT2D eigenvalue weighted by Gasteiger charge is -2.16. The molecule has 244 valence electrons. The Bertz CT molecular complexity index is 2660. The maximum Gasteiger partial charge on any atom is 0.0541 e. The van der Waals surface area contributed by atoms with Crippen LogP contribution in [-0.4, -0.2) is 9.13 Å². The van der Waals surface area contributed by atoms with Gasteiger partial charge in [-0.15, -0.1) is 0 Å². The van der Waals surface area contributed by atoms with Crippen LogP contribution in [0.25, 0.3) is 89.4 Å². The number of para-hydroxylation sites is 6. The third-order valence-corrected chi connectivity index (χ3v) is 10.4. The fourth-order valence-corrected chi connectivity index (χ4v) is 8.11. The van der Waals surface area contributed by atoms with Gasteiger partial charge in [-0.3, -0.25) is 0 Å². The van der Waals surface area contributed by atoms with Crippen LogP contribution >= 0.6 is 0 Å². The van der Waals surface area contributed by atoms with Gasteiger partial charge in [0.2, 0.25) is 0 Å². The lowest BCUT2D eigenvalue weighted by Crippen LogP contribution is -1.98. The third-order valence-electron chi connectivity index (χ3n) is 10.4. The first-order valence-corrected chi connectivity index (χ1v) is 17.9. The third kappa shape index (κ3) is 4.80. The largest absolute Gasteiger partial charge is 0.309 e. The van der Waals surface area contributed by atoms with Crippen molar-refractivity contribution in [2.24, 2.45) is 0 Å². The molecule has 0 amide bonds. The highest BCUT2D eigenvalue weighted by atomic mass is 15.0. The second kappa shape index (κ2) is 12.5. The van der Waals surface area contributed by atoms with Crippen molar-refractivity contribution >= 4 is 55.8 Å². The van der Waals surface area contributed by atoms with E-state index in [0.29, 0.717) is 0 Å².